The maximum absolute atomic E-state index is 12.0. The highest BCUT2D eigenvalue weighted by molar-refractivity contribution is 6.31. The SMILES string of the molecule is Cc1ccccc1CNCCC(=O)Nc1cc(Cl)ccc1C. The summed E-state index contributed by atoms with van der Waals surface area (Å²) in [6.45, 7) is 5.45. The van der Waals surface area contributed by atoms with Crippen molar-refractivity contribution in [3.63, 3.8) is 0 Å². The number of rotatable bonds is 6. The Bertz CT molecular complexity index is 655. The van der Waals surface area contributed by atoms with E-state index in [1.165, 1.54) is 11.1 Å². The van der Waals surface area contributed by atoms with Crippen molar-refractivity contribution >= 4 is 23.2 Å². The Kier molecular flexibility index (Phi) is 5.99. The van der Waals surface area contributed by atoms with Crippen LogP contribution in [0.3, 0.4) is 0 Å². The Morgan fingerprint density at radius 1 is 1.09 bits per heavy atom. The van der Waals surface area contributed by atoms with Crippen molar-refractivity contribution in [2.75, 3.05) is 11.9 Å². The first-order chi connectivity index (χ1) is 10.6. The van der Waals surface area contributed by atoms with Crippen LogP contribution in [0.2, 0.25) is 5.02 Å². The average molecular weight is 317 g/mol. The second-order valence-electron chi connectivity index (χ2n) is 5.36. The molecule has 0 radical (unpaired) electrons. The summed E-state index contributed by atoms with van der Waals surface area (Å²) < 4.78 is 0. The fourth-order valence-electron chi connectivity index (χ4n) is 2.18. The van der Waals surface area contributed by atoms with Crippen LogP contribution < -0.4 is 10.6 Å². The molecule has 0 aliphatic heterocycles. The molecule has 3 nitrogen and oxygen atoms in total. The van der Waals surface area contributed by atoms with Gasteiger partial charge in [-0.05, 0) is 42.7 Å². The van der Waals surface area contributed by atoms with Gasteiger partial charge in [0.15, 0.2) is 0 Å². The lowest BCUT2D eigenvalue weighted by Crippen LogP contribution is -2.22. The number of anilines is 1. The van der Waals surface area contributed by atoms with Crippen molar-refractivity contribution in [1.29, 1.82) is 0 Å². The van der Waals surface area contributed by atoms with Crippen LogP contribution in [0.4, 0.5) is 5.69 Å². The van der Waals surface area contributed by atoms with Gasteiger partial charge in [-0.25, -0.2) is 0 Å². The number of benzene rings is 2. The smallest absolute Gasteiger partial charge is 0.225 e. The zero-order valence-corrected chi connectivity index (χ0v) is 13.7. The summed E-state index contributed by atoms with van der Waals surface area (Å²) in [5.74, 6) is -0.0114. The number of hydrogen-bond acceptors (Lipinski definition) is 2. The summed E-state index contributed by atoms with van der Waals surface area (Å²) in [4.78, 5) is 12.0. The van der Waals surface area contributed by atoms with Gasteiger partial charge in [0, 0.05) is 30.2 Å². The Morgan fingerprint density at radius 3 is 2.64 bits per heavy atom. The highest BCUT2D eigenvalue weighted by Gasteiger charge is 2.05. The first-order valence-electron chi connectivity index (χ1n) is 7.37. The van der Waals surface area contributed by atoms with E-state index < -0.39 is 0 Å². The average Bonchev–Trinajstić information content (AvgIpc) is 2.49. The molecule has 2 aromatic rings. The highest BCUT2D eigenvalue weighted by atomic mass is 35.5. The first kappa shape index (κ1) is 16.5. The fraction of sp³-hybridized carbons (Fsp3) is 0.278. The predicted octanol–water partition coefficient (Wildman–Crippen LogP) is 4.08. The number of halogens is 1. The second-order valence-corrected chi connectivity index (χ2v) is 5.80. The molecular formula is C18H21ClN2O. The van der Waals surface area contributed by atoms with Gasteiger partial charge in [-0.3, -0.25) is 4.79 Å². The second kappa shape index (κ2) is 7.97. The predicted molar refractivity (Wildman–Crippen MR) is 92.3 cm³/mol. The molecule has 0 saturated heterocycles. The van der Waals surface area contributed by atoms with E-state index in [1.54, 1.807) is 6.07 Å². The minimum atomic E-state index is -0.0114. The van der Waals surface area contributed by atoms with Gasteiger partial charge in [0.2, 0.25) is 5.91 Å². The van der Waals surface area contributed by atoms with E-state index in [0.717, 1.165) is 17.8 Å². The molecule has 0 unspecified atom stereocenters. The fourth-order valence-corrected chi connectivity index (χ4v) is 2.35. The van der Waals surface area contributed by atoms with Gasteiger partial charge in [0.05, 0.1) is 0 Å². The van der Waals surface area contributed by atoms with Crippen molar-refractivity contribution in [3.05, 3.63) is 64.2 Å². The molecule has 4 heteroatoms. The lowest BCUT2D eigenvalue weighted by Gasteiger charge is -2.10. The Labute approximate surface area is 136 Å². The number of carbonyl (C=O) groups excluding carboxylic acids is 1. The standard InChI is InChI=1S/C18H21ClN2O/c1-13-5-3-4-6-15(13)12-20-10-9-18(22)21-17-11-16(19)8-7-14(17)2/h3-8,11,20H,9-10,12H2,1-2H3,(H,21,22). The van der Waals surface area contributed by atoms with Crippen molar-refractivity contribution in [3.8, 4) is 0 Å². The molecule has 0 atom stereocenters. The van der Waals surface area contributed by atoms with Gasteiger partial charge < -0.3 is 10.6 Å². The van der Waals surface area contributed by atoms with Crippen LogP contribution in [-0.2, 0) is 11.3 Å². The van der Waals surface area contributed by atoms with E-state index in [0.29, 0.717) is 18.0 Å². The highest BCUT2D eigenvalue weighted by Crippen LogP contribution is 2.20. The summed E-state index contributed by atoms with van der Waals surface area (Å²) >= 11 is 5.95. The van der Waals surface area contributed by atoms with Crippen LogP contribution >= 0.6 is 11.6 Å². The molecule has 0 bridgehead atoms. The molecule has 22 heavy (non-hydrogen) atoms. The van der Waals surface area contributed by atoms with Gasteiger partial charge in [-0.1, -0.05) is 41.9 Å². The van der Waals surface area contributed by atoms with E-state index in [4.69, 9.17) is 11.6 Å². The topological polar surface area (TPSA) is 41.1 Å². The van der Waals surface area contributed by atoms with Crippen molar-refractivity contribution < 1.29 is 4.79 Å². The zero-order valence-electron chi connectivity index (χ0n) is 12.9. The summed E-state index contributed by atoms with van der Waals surface area (Å²) in [6.07, 6.45) is 0.428. The monoisotopic (exact) mass is 316 g/mol. The molecule has 0 aliphatic carbocycles. The molecule has 1 amide bonds. The minimum Gasteiger partial charge on any atom is -0.326 e. The Balaban J connectivity index is 1.76. The molecule has 0 aromatic heterocycles. The summed E-state index contributed by atoms with van der Waals surface area (Å²) in [7, 11) is 0. The number of nitrogens with one attached hydrogen (secondary N) is 2. The molecule has 116 valence electrons. The number of hydrogen-bond donors (Lipinski definition) is 2. The van der Waals surface area contributed by atoms with Crippen LogP contribution in [-0.4, -0.2) is 12.5 Å². The molecule has 2 N–H and O–H groups in total. The quantitative estimate of drug-likeness (QED) is 0.789. The van der Waals surface area contributed by atoms with Crippen molar-refractivity contribution in [1.82, 2.24) is 5.32 Å². The molecule has 2 rings (SSSR count). The zero-order chi connectivity index (χ0) is 15.9. The number of amides is 1. The van der Waals surface area contributed by atoms with Crippen molar-refractivity contribution in [2.24, 2.45) is 0 Å². The minimum absolute atomic E-state index is 0.0114. The molecule has 0 saturated carbocycles. The molecular weight excluding hydrogens is 296 g/mol. The maximum Gasteiger partial charge on any atom is 0.225 e. The molecule has 0 heterocycles. The normalized spacial score (nSPS) is 10.5. The number of carbonyl (C=O) groups is 1. The van der Waals surface area contributed by atoms with Gasteiger partial charge in [0.1, 0.15) is 0 Å². The lowest BCUT2D eigenvalue weighted by atomic mass is 10.1. The molecule has 0 fully saturated rings. The van der Waals surface area contributed by atoms with Crippen LogP contribution in [0.15, 0.2) is 42.5 Å². The van der Waals surface area contributed by atoms with E-state index >= 15 is 0 Å². The van der Waals surface area contributed by atoms with Crippen LogP contribution in [0.5, 0.6) is 0 Å². The Morgan fingerprint density at radius 2 is 1.86 bits per heavy atom. The third-order valence-corrected chi connectivity index (χ3v) is 3.81. The van der Waals surface area contributed by atoms with Gasteiger partial charge >= 0.3 is 0 Å². The Hall–Kier alpha value is -1.84. The molecule has 0 spiro atoms. The van der Waals surface area contributed by atoms with Crippen LogP contribution in [0, 0.1) is 13.8 Å². The third-order valence-electron chi connectivity index (χ3n) is 3.58. The summed E-state index contributed by atoms with van der Waals surface area (Å²) in [6, 6.07) is 13.7. The lowest BCUT2D eigenvalue weighted by molar-refractivity contribution is -0.116. The number of aryl methyl sites for hydroxylation is 2. The largest absolute Gasteiger partial charge is 0.326 e. The van der Waals surface area contributed by atoms with E-state index in [9.17, 15) is 4.79 Å². The first-order valence-corrected chi connectivity index (χ1v) is 7.75. The van der Waals surface area contributed by atoms with Crippen LogP contribution in [0.1, 0.15) is 23.1 Å². The van der Waals surface area contributed by atoms with Crippen molar-refractivity contribution in [2.45, 2.75) is 26.8 Å². The third kappa shape index (κ3) is 4.86. The molecule has 2 aromatic carbocycles. The van der Waals surface area contributed by atoms with E-state index in [1.807, 2.05) is 31.2 Å². The van der Waals surface area contributed by atoms with Gasteiger partial charge in [-0.2, -0.15) is 0 Å². The molecule has 0 aliphatic rings. The van der Waals surface area contributed by atoms with E-state index in [2.05, 4.69) is 29.7 Å². The van der Waals surface area contributed by atoms with E-state index in [-0.39, 0.29) is 5.91 Å². The summed E-state index contributed by atoms with van der Waals surface area (Å²) in [5.41, 5.74) is 4.30. The summed E-state index contributed by atoms with van der Waals surface area (Å²) in [5, 5.41) is 6.82. The van der Waals surface area contributed by atoms with Gasteiger partial charge in [0.25, 0.3) is 0 Å². The maximum atomic E-state index is 12.0. The van der Waals surface area contributed by atoms with Crippen LogP contribution in [0.25, 0.3) is 0 Å². The van der Waals surface area contributed by atoms with Gasteiger partial charge in [-0.15, -0.1) is 0 Å².